The van der Waals surface area contributed by atoms with Crippen LogP contribution >= 0.6 is 0 Å². The quantitative estimate of drug-likeness (QED) is 0.846. The lowest BCUT2D eigenvalue weighted by Gasteiger charge is -2.16. The van der Waals surface area contributed by atoms with Gasteiger partial charge in [-0.15, -0.1) is 0 Å². The van der Waals surface area contributed by atoms with Crippen molar-refractivity contribution in [3.05, 3.63) is 47.8 Å². The highest BCUT2D eigenvalue weighted by Crippen LogP contribution is 2.19. The number of methoxy groups -OCH3 is 1. The number of benzene rings is 1. The lowest BCUT2D eigenvalue weighted by molar-refractivity contribution is 0.182. The predicted octanol–water partition coefficient (Wildman–Crippen LogP) is 2.42. The van der Waals surface area contributed by atoms with Gasteiger partial charge < -0.3 is 9.47 Å². The number of hydrogen-bond acceptors (Lipinski definition) is 5. The molecule has 7 heteroatoms. The molecule has 1 unspecified atom stereocenters. The van der Waals surface area contributed by atoms with Crippen LogP contribution in [0, 0.1) is 11.6 Å². The predicted molar refractivity (Wildman–Crippen MR) is 79.3 cm³/mol. The van der Waals surface area contributed by atoms with E-state index < -0.39 is 11.6 Å². The number of hydrogen-bond donors (Lipinski definition) is 0. The Morgan fingerprint density at radius 1 is 1.26 bits per heavy atom. The van der Waals surface area contributed by atoms with Crippen molar-refractivity contribution in [1.82, 2.24) is 14.9 Å². The van der Waals surface area contributed by atoms with Gasteiger partial charge in [0.25, 0.3) is 0 Å². The molecule has 3 rings (SSSR count). The lowest BCUT2D eigenvalue weighted by Crippen LogP contribution is -2.25. The van der Waals surface area contributed by atoms with Crippen molar-refractivity contribution < 1.29 is 18.3 Å². The Bertz CT molecular complexity index is 667. The van der Waals surface area contributed by atoms with E-state index in [1.165, 1.54) is 12.1 Å². The van der Waals surface area contributed by atoms with Crippen molar-refractivity contribution in [3.8, 4) is 11.8 Å². The van der Waals surface area contributed by atoms with Gasteiger partial charge in [-0.25, -0.2) is 8.78 Å². The summed E-state index contributed by atoms with van der Waals surface area (Å²) in [5.74, 6) is -0.518. The lowest BCUT2D eigenvalue weighted by atomic mass is 10.2. The van der Waals surface area contributed by atoms with Gasteiger partial charge in [0, 0.05) is 31.3 Å². The maximum atomic E-state index is 13.7. The summed E-state index contributed by atoms with van der Waals surface area (Å²) in [4.78, 5) is 10.2. The van der Waals surface area contributed by atoms with Crippen LogP contribution in [-0.4, -0.2) is 41.2 Å². The third-order valence-electron chi connectivity index (χ3n) is 3.75. The summed E-state index contributed by atoms with van der Waals surface area (Å²) < 4.78 is 37.3. The first-order valence-corrected chi connectivity index (χ1v) is 7.33. The molecule has 0 amide bonds. The molecule has 1 aromatic heterocycles. The first-order chi connectivity index (χ1) is 11.1. The molecule has 1 saturated heterocycles. The molecule has 0 N–H and O–H groups in total. The zero-order chi connectivity index (χ0) is 16.2. The smallest absolute Gasteiger partial charge is 0.316 e. The fourth-order valence-electron chi connectivity index (χ4n) is 2.55. The van der Waals surface area contributed by atoms with Gasteiger partial charge >= 0.3 is 6.01 Å². The molecule has 1 aromatic carbocycles. The fraction of sp³-hybridized carbons (Fsp3) is 0.375. The maximum absolute atomic E-state index is 13.7. The molecule has 1 aliphatic rings. The van der Waals surface area contributed by atoms with E-state index in [0.717, 1.165) is 19.0 Å². The molecule has 1 atom stereocenters. The molecule has 0 spiro atoms. The number of ether oxygens (including phenoxy) is 2. The second-order valence-corrected chi connectivity index (χ2v) is 5.40. The topological polar surface area (TPSA) is 47.5 Å². The minimum atomic E-state index is -0.564. The summed E-state index contributed by atoms with van der Waals surface area (Å²) in [6.07, 6.45) is 3.84. The molecule has 1 aliphatic heterocycles. The van der Waals surface area contributed by atoms with E-state index in [0.29, 0.717) is 30.4 Å². The van der Waals surface area contributed by atoms with Gasteiger partial charge in [0.2, 0.25) is 0 Å². The van der Waals surface area contributed by atoms with Crippen molar-refractivity contribution in [2.24, 2.45) is 0 Å². The zero-order valence-corrected chi connectivity index (χ0v) is 12.7. The molecule has 1 fully saturated rings. The van der Waals surface area contributed by atoms with Gasteiger partial charge in [-0.05, 0) is 12.5 Å². The van der Waals surface area contributed by atoms with Crippen LogP contribution in [0.5, 0.6) is 11.8 Å². The summed E-state index contributed by atoms with van der Waals surface area (Å²) in [5.41, 5.74) is 0.479. The van der Waals surface area contributed by atoms with E-state index in [1.807, 2.05) is 0 Å². The molecule has 0 radical (unpaired) electrons. The Morgan fingerprint density at radius 2 is 2.04 bits per heavy atom. The standard InChI is InChI=1S/C16H17F2N3O2/c1-22-14-7-19-16(20-8-14)23-13-4-5-21(10-13)9-11-2-3-12(17)6-15(11)18/h2-3,6-8,13H,4-5,9-10H2,1H3. The van der Waals surface area contributed by atoms with Crippen LogP contribution in [0.2, 0.25) is 0 Å². The van der Waals surface area contributed by atoms with Gasteiger partial charge in [-0.2, -0.15) is 9.97 Å². The van der Waals surface area contributed by atoms with Crippen molar-refractivity contribution in [1.29, 1.82) is 0 Å². The van der Waals surface area contributed by atoms with Crippen LogP contribution in [0.1, 0.15) is 12.0 Å². The molecular weight excluding hydrogens is 304 g/mol. The SMILES string of the molecule is COc1cnc(OC2CCN(Cc3ccc(F)cc3F)C2)nc1. The minimum Gasteiger partial charge on any atom is -0.494 e. The molecule has 0 saturated carbocycles. The van der Waals surface area contributed by atoms with Crippen LogP contribution in [0.3, 0.4) is 0 Å². The molecular formula is C16H17F2N3O2. The van der Waals surface area contributed by atoms with Crippen molar-refractivity contribution in [2.45, 2.75) is 19.1 Å². The highest BCUT2D eigenvalue weighted by atomic mass is 19.1. The molecule has 122 valence electrons. The van der Waals surface area contributed by atoms with Gasteiger partial charge in [0.15, 0.2) is 5.75 Å². The second-order valence-electron chi connectivity index (χ2n) is 5.40. The molecule has 2 heterocycles. The van der Waals surface area contributed by atoms with E-state index in [2.05, 4.69) is 14.9 Å². The van der Waals surface area contributed by atoms with Crippen LogP contribution in [0.15, 0.2) is 30.6 Å². The summed E-state index contributed by atoms with van der Waals surface area (Å²) in [6.45, 7) is 1.85. The Morgan fingerprint density at radius 3 is 2.74 bits per heavy atom. The van der Waals surface area contributed by atoms with E-state index in [1.54, 1.807) is 19.5 Å². The molecule has 2 aromatic rings. The maximum Gasteiger partial charge on any atom is 0.316 e. The van der Waals surface area contributed by atoms with Gasteiger partial charge in [-0.3, -0.25) is 4.90 Å². The van der Waals surface area contributed by atoms with Crippen LogP contribution in [0.4, 0.5) is 8.78 Å². The Labute approximate surface area is 132 Å². The van der Waals surface area contributed by atoms with Crippen LogP contribution in [0.25, 0.3) is 0 Å². The van der Waals surface area contributed by atoms with Crippen LogP contribution < -0.4 is 9.47 Å². The second kappa shape index (κ2) is 6.87. The molecule has 23 heavy (non-hydrogen) atoms. The highest BCUT2D eigenvalue weighted by Gasteiger charge is 2.25. The normalized spacial score (nSPS) is 18.1. The fourth-order valence-corrected chi connectivity index (χ4v) is 2.55. The van der Waals surface area contributed by atoms with Gasteiger partial charge in [0.1, 0.15) is 17.7 Å². The van der Waals surface area contributed by atoms with Crippen molar-refractivity contribution in [3.63, 3.8) is 0 Å². The molecule has 0 aliphatic carbocycles. The third kappa shape index (κ3) is 3.92. The van der Waals surface area contributed by atoms with Crippen LogP contribution in [-0.2, 0) is 6.54 Å². The first kappa shape index (κ1) is 15.6. The summed E-state index contributed by atoms with van der Waals surface area (Å²) in [6, 6.07) is 3.95. The molecule has 5 nitrogen and oxygen atoms in total. The first-order valence-electron chi connectivity index (χ1n) is 7.33. The van der Waals surface area contributed by atoms with E-state index in [-0.39, 0.29) is 6.10 Å². The molecule has 0 bridgehead atoms. The average Bonchev–Trinajstić information content (AvgIpc) is 2.98. The Balaban J connectivity index is 1.55. The largest absolute Gasteiger partial charge is 0.494 e. The Kier molecular flexibility index (Phi) is 4.66. The van der Waals surface area contributed by atoms with Gasteiger partial charge in [0.05, 0.1) is 19.5 Å². The van der Waals surface area contributed by atoms with Gasteiger partial charge in [-0.1, -0.05) is 6.07 Å². The number of aromatic nitrogens is 2. The number of nitrogens with zero attached hydrogens (tertiary/aromatic N) is 3. The summed E-state index contributed by atoms with van der Waals surface area (Å²) in [7, 11) is 1.54. The van der Waals surface area contributed by atoms with Crippen molar-refractivity contribution >= 4 is 0 Å². The van der Waals surface area contributed by atoms with E-state index in [9.17, 15) is 8.78 Å². The Hall–Kier alpha value is -2.28. The highest BCUT2D eigenvalue weighted by molar-refractivity contribution is 5.18. The zero-order valence-electron chi connectivity index (χ0n) is 12.7. The monoisotopic (exact) mass is 321 g/mol. The summed E-state index contributed by atoms with van der Waals surface area (Å²) >= 11 is 0. The van der Waals surface area contributed by atoms with E-state index in [4.69, 9.17) is 9.47 Å². The number of likely N-dealkylation sites (tertiary alicyclic amines) is 1. The number of rotatable bonds is 5. The van der Waals surface area contributed by atoms with E-state index >= 15 is 0 Å². The minimum absolute atomic E-state index is 0.0492. The number of halogens is 2. The summed E-state index contributed by atoms with van der Waals surface area (Å²) in [5, 5.41) is 0. The van der Waals surface area contributed by atoms with Crippen molar-refractivity contribution in [2.75, 3.05) is 20.2 Å². The third-order valence-corrected chi connectivity index (χ3v) is 3.75. The average molecular weight is 321 g/mol.